The van der Waals surface area contributed by atoms with Gasteiger partial charge in [0.2, 0.25) is 0 Å². The summed E-state index contributed by atoms with van der Waals surface area (Å²) in [6, 6.07) is 0.330. The highest BCUT2D eigenvalue weighted by atomic mass is 15.0. The summed E-state index contributed by atoms with van der Waals surface area (Å²) in [5.41, 5.74) is 1.28. The van der Waals surface area contributed by atoms with Crippen LogP contribution in [0.25, 0.3) is 0 Å². The van der Waals surface area contributed by atoms with Gasteiger partial charge in [0.05, 0.1) is 0 Å². The van der Waals surface area contributed by atoms with Crippen LogP contribution in [-0.2, 0) is 0 Å². The van der Waals surface area contributed by atoms with Gasteiger partial charge in [0, 0.05) is 23.8 Å². The smallest absolute Gasteiger partial charge is 0.0438 e. The Morgan fingerprint density at radius 2 is 1.93 bits per heavy atom. The van der Waals surface area contributed by atoms with E-state index in [0.29, 0.717) is 6.04 Å². The molecule has 0 aliphatic rings. The quantitative estimate of drug-likeness (QED) is 0.657. The summed E-state index contributed by atoms with van der Waals surface area (Å²) in [4.78, 5) is 0. The van der Waals surface area contributed by atoms with Gasteiger partial charge in [0.1, 0.15) is 0 Å². The Hall–Kier alpha value is -0.500. The first-order valence-electron chi connectivity index (χ1n) is 5.63. The second-order valence-electron chi connectivity index (χ2n) is 4.56. The van der Waals surface area contributed by atoms with Gasteiger partial charge in [0.25, 0.3) is 0 Å². The van der Waals surface area contributed by atoms with E-state index >= 15 is 0 Å². The van der Waals surface area contributed by atoms with Crippen molar-refractivity contribution in [3.05, 3.63) is 12.3 Å². The number of hydrogen-bond donors (Lipinski definition) is 2. The predicted octanol–water partition coefficient (Wildman–Crippen LogP) is 2.67. The lowest BCUT2D eigenvalue weighted by molar-refractivity contribution is 0.346. The third-order valence-corrected chi connectivity index (χ3v) is 2.62. The van der Waals surface area contributed by atoms with E-state index in [2.05, 4.69) is 51.8 Å². The van der Waals surface area contributed by atoms with E-state index in [4.69, 9.17) is 0 Å². The molecule has 0 unspecified atom stereocenters. The first kappa shape index (κ1) is 13.5. The number of nitrogens with one attached hydrogen (secondary N) is 2. The molecule has 1 atom stereocenters. The monoisotopic (exact) mass is 198 g/mol. The summed E-state index contributed by atoms with van der Waals surface area (Å²) in [5.74, 6) is 0. The van der Waals surface area contributed by atoms with Gasteiger partial charge in [-0.1, -0.05) is 20.4 Å². The Kier molecular flexibility index (Phi) is 5.86. The molecule has 0 fully saturated rings. The summed E-state index contributed by atoms with van der Waals surface area (Å²) >= 11 is 0. The minimum atomic E-state index is 0.191. The van der Waals surface area contributed by atoms with E-state index in [1.807, 2.05) is 0 Å². The van der Waals surface area contributed by atoms with Crippen molar-refractivity contribution in [2.24, 2.45) is 0 Å². The highest BCUT2D eigenvalue weighted by molar-refractivity contribution is 5.03. The van der Waals surface area contributed by atoms with Gasteiger partial charge in [-0.2, -0.15) is 0 Å². The van der Waals surface area contributed by atoms with E-state index in [-0.39, 0.29) is 5.54 Å². The van der Waals surface area contributed by atoms with Gasteiger partial charge in [-0.15, -0.1) is 0 Å². The molecule has 0 rings (SSSR count). The maximum absolute atomic E-state index is 4.04. The second kappa shape index (κ2) is 6.07. The van der Waals surface area contributed by atoms with Crippen LogP contribution < -0.4 is 10.6 Å². The normalized spacial score (nSPS) is 13.8. The van der Waals surface area contributed by atoms with Crippen molar-refractivity contribution in [1.82, 2.24) is 10.6 Å². The summed E-state index contributed by atoms with van der Waals surface area (Å²) in [6.07, 6.45) is 2.27. The molecule has 0 radical (unpaired) electrons. The van der Waals surface area contributed by atoms with Crippen LogP contribution in [0, 0.1) is 0 Å². The van der Waals surface area contributed by atoms with Crippen molar-refractivity contribution in [3.63, 3.8) is 0 Å². The zero-order valence-corrected chi connectivity index (χ0v) is 10.4. The highest BCUT2D eigenvalue weighted by Gasteiger charge is 2.18. The summed E-state index contributed by atoms with van der Waals surface area (Å²) in [5, 5.41) is 6.87. The van der Waals surface area contributed by atoms with Gasteiger partial charge in [0.15, 0.2) is 0 Å². The van der Waals surface area contributed by atoms with Crippen molar-refractivity contribution >= 4 is 0 Å². The Balaban J connectivity index is 3.94. The van der Waals surface area contributed by atoms with Gasteiger partial charge in [-0.05, 0) is 33.6 Å². The molecule has 0 saturated heterocycles. The first-order chi connectivity index (χ1) is 6.43. The Morgan fingerprint density at radius 1 is 1.36 bits per heavy atom. The maximum atomic E-state index is 4.04. The molecule has 14 heavy (non-hydrogen) atoms. The fourth-order valence-electron chi connectivity index (χ4n) is 1.21. The van der Waals surface area contributed by atoms with Crippen LogP contribution in [0.5, 0.6) is 0 Å². The average molecular weight is 198 g/mol. The second-order valence-corrected chi connectivity index (χ2v) is 4.56. The van der Waals surface area contributed by atoms with E-state index in [0.717, 1.165) is 25.1 Å². The largest absolute Gasteiger partial charge is 0.388 e. The van der Waals surface area contributed by atoms with Crippen LogP contribution in [0.15, 0.2) is 12.3 Å². The molecular weight excluding hydrogens is 172 g/mol. The highest BCUT2D eigenvalue weighted by Crippen LogP contribution is 2.10. The molecule has 0 aromatic rings. The minimum Gasteiger partial charge on any atom is -0.388 e. The lowest BCUT2D eigenvalue weighted by atomic mass is 10.0. The molecule has 0 spiro atoms. The molecule has 84 valence electrons. The Bertz CT molecular complexity index is 173. The minimum absolute atomic E-state index is 0.191. The molecule has 0 bridgehead atoms. The molecule has 0 aromatic heterocycles. The zero-order valence-electron chi connectivity index (χ0n) is 10.4. The summed E-state index contributed by atoms with van der Waals surface area (Å²) < 4.78 is 0. The van der Waals surface area contributed by atoms with Crippen molar-refractivity contribution in [2.75, 3.05) is 6.54 Å². The van der Waals surface area contributed by atoms with Gasteiger partial charge in [-0.3, -0.25) is 0 Å². The summed E-state index contributed by atoms with van der Waals surface area (Å²) in [7, 11) is 0. The van der Waals surface area contributed by atoms with Gasteiger partial charge >= 0.3 is 0 Å². The Labute approximate surface area is 89.2 Å². The molecular formula is C12H26N2. The SMILES string of the molecule is C=C(NCCC)[C@H](C)NC(C)(C)CC. The molecule has 2 heteroatoms. The molecule has 0 amide bonds. The standard InChI is InChI=1S/C12H26N2/c1-7-9-13-10(3)11(4)14-12(5,6)8-2/h11,13-14H,3,7-9H2,1-2,4-6H3/t11-/m0/s1. The number of hydrogen-bond acceptors (Lipinski definition) is 2. The topological polar surface area (TPSA) is 24.1 Å². The van der Waals surface area contributed by atoms with E-state index < -0.39 is 0 Å². The van der Waals surface area contributed by atoms with Crippen molar-refractivity contribution in [1.29, 1.82) is 0 Å². The predicted molar refractivity (Wildman–Crippen MR) is 64.4 cm³/mol. The van der Waals surface area contributed by atoms with E-state index in [1.165, 1.54) is 0 Å². The molecule has 0 aliphatic carbocycles. The van der Waals surface area contributed by atoms with E-state index in [1.54, 1.807) is 0 Å². The first-order valence-corrected chi connectivity index (χ1v) is 5.63. The van der Waals surface area contributed by atoms with E-state index in [9.17, 15) is 0 Å². The van der Waals surface area contributed by atoms with Crippen molar-refractivity contribution < 1.29 is 0 Å². The van der Waals surface area contributed by atoms with Crippen LogP contribution in [-0.4, -0.2) is 18.1 Å². The fourth-order valence-corrected chi connectivity index (χ4v) is 1.21. The third-order valence-electron chi connectivity index (χ3n) is 2.62. The van der Waals surface area contributed by atoms with Crippen LogP contribution in [0.4, 0.5) is 0 Å². The van der Waals surface area contributed by atoms with Crippen LogP contribution in [0.1, 0.15) is 47.5 Å². The third kappa shape index (κ3) is 5.28. The van der Waals surface area contributed by atoms with Crippen LogP contribution in [0.2, 0.25) is 0 Å². The van der Waals surface area contributed by atoms with Crippen molar-refractivity contribution in [2.45, 2.75) is 59.0 Å². The molecule has 0 heterocycles. The number of rotatable bonds is 7. The average Bonchev–Trinajstić information content (AvgIpc) is 2.13. The lowest BCUT2D eigenvalue weighted by Crippen LogP contribution is -2.46. The van der Waals surface area contributed by atoms with Gasteiger partial charge in [-0.25, -0.2) is 0 Å². The van der Waals surface area contributed by atoms with Crippen LogP contribution in [0.3, 0.4) is 0 Å². The van der Waals surface area contributed by atoms with Crippen LogP contribution >= 0.6 is 0 Å². The lowest BCUT2D eigenvalue weighted by Gasteiger charge is -2.30. The fraction of sp³-hybridized carbons (Fsp3) is 0.833. The molecule has 2 nitrogen and oxygen atoms in total. The molecule has 0 saturated carbocycles. The molecule has 0 aromatic carbocycles. The molecule has 0 aliphatic heterocycles. The zero-order chi connectivity index (χ0) is 11.2. The van der Waals surface area contributed by atoms with Gasteiger partial charge < -0.3 is 10.6 Å². The molecule has 2 N–H and O–H groups in total. The maximum Gasteiger partial charge on any atom is 0.0438 e. The summed E-state index contributed by atoms with van der Waals surface area (Å²) in [6.45, 7) is 16.0. The Morgan fingerprint density at radius 3 is 2.36 bits per heavy atom. The van der Waals surface area contributed by atoms with Crippen molar-refractivity contribution in [3.8, 4) is 0 Å².